The van der Waals surface area contributed by atoms with Gasteiger partial charge in [0.15, 0.2) is 0 Å². The lowest BCUT2D eigenvalue weighted by atomic mass is 10.1. The number of carbonyl (C=O) groups is 1. The second-order valence-corrected chi connectivity index (χ2v) is 7.06. The zero-order valence-corrected chi connectivity index (χ0v) is 12.4. The minimum Gasteiger partial charge on any atom is -0.495 e. The number of nitrogen functional groups attached to an aromatic ring is 1. The molecule has 1 aromatic carbocycles. The van der Waals surface area contributed by atoms with Gasteiger partial charge >= 0.3 is 0 Å². The number of ether oxygens (including phenoxy) is 1. The first-order chi connectivity index (χ1) is 8.94. The van der Waals surface area contributed by atoms with Crippen LogP contribution in [0, 0.1) is 0 Å². The fourth-order valence-corrected chi connectivity index (χ4v) is 3.38. The van der Waals surface area contributed by atoms with Crippen LogP contribution in [0.1, 0.15) is 24.2 Å². The highest BCUT2D eigenvalue weighted by Gasteiger charge is 2.31. The summed E-state index contributed by atoms with van der Waals surface area (Å²) in [6.07, 6.45) is 0. The first-order valence-electron chi connectivity index (χ1n) is 6.30. The number of hydrogen-bond acceptors (Lipinski definition) is 4. The Morgan fingerprint density at radius 2 is 2.21 bits per heavy atom. The second kappa shape index (κ2) is 5.33. The molecule has 1 heterocycles. The van der Waals surface area contributed by atoms with Gasteiger partial charge in [-0.25, -0.2) is 0 Å². The molecule has 2 N–H and O–H groups in total. The van der Waals surface area contributed by atoms with E-state index in [0.29, 0.717) is 17.0 Å². The topological polar surface area (TPSA) is 55.6 Å². The van der Waals surface area contributed by atoms with Gasteiger partial charge in [-0.15, -0.1) is 0 Å². The minimum absolute atomic E-state index is 0.00947. The van der Waals surface area contributed by atoms with Gasteiger partial charge in [-0.05, 0) is 26.0 Å². The van der Waals surface area contributed by atoms with Gasteiger partial charge in [0.05, 0.1) is 18.4 Å². The molecule has 1 fully saturated rings. The summed E-state index contributed by atoms with van der Waals surface area (Å²) in [7, 11) is 1.56. The summed E-state index contributed by atoms with van der Waals surface area (Å²) in [6.45, 7) is 5.83. The Kier molecular flexibility index (Phi) is 3.94. The quantitative estimate of drug-likeness (QED) is 0.844. The zero-order valence-electron chi connectivity index (χ0n) is 11.6. The summed E-state index contributed by atoms with van der Waals surface area (Å²) < 4.78 is 5.26. The largest absolute Gasteiger partial charge is 0.495 e. The van der Waals surface area contributed by atoms with E-state index >= 15 is 0 Å². The number of benzene rings is 1. The normalized spacial score (nSPS) is 18.2. The summed E-state index contributed by atoms with van der Waals surface area (Å²) in [5.41, 5.74) is 6.94. The predicted molar refractivity (Wildman–Crippen MR) is 79.8 cm³/mol. The lowest BCUT2D eigenvalue weighted by molar-refractivity contribution is 0.0749. The maximum absolute atomic E-state index is 12.6. The molecular weight excluding hydrogens is 260 g/mol. The first-order valence-corrected chi connectivity index (χ1v) is 7.29. The number of thioether (sulfide) groups is 1. The monoisotopic (exact) mass is 280 g/mol. The number of rotatable bonds is 2. The summed E-state index contributed by atoms with van der Waals surface area (Å²) in [5, 5.41) is 0. The molecule has 4 nitrogen and oxygen atoms in total. The van der Waals surface area contributed by atoms with Crippen LogP contribution >= 0.6 is 11.8 Å². The Hall–Kier alpha value is -1.36. The molecule has 0 aromatic heterocycles. The van der Waals surface area contributed by atoms with E-state index < -0.39 is 0 Å². The van der Waals surface area contributed by atoms with Crippen LogP contribution in [0.5, 0.6) is 5.75 Å². The Morgan fingerprint density at radius 1 is 1.47 bits per heavy atom. The van der Waals surface area contributed by atoms with Crippen molar-refractivity contribution in [3.63, 3.8) is 0 Å². The van der Waals surface area contributed by atoms with E-state index in [-0.39, 0.29) is 10.7 Å². The van der Waals surface area contributed by atoms with Crippen LogP contribution in [0.4, 0.5) is 5.69 Å². The van der Waals surface area contributed by atoms with Crippen molar-refractivity contribution < 1.29 is 9.53 Å². The summed E-state index contributed by atoms with van der Waals surface area (Å²) in [5.74, 6) is 1.50. The summed E-state index contributed by atoms with van der Waals surface area (Å²) >= 11 is 1.90. The molecule has 5 heteroatoms. The first kappa shape index (κ1) is 14.1. The van der Waals surface area contributed by atoms with Crippen molar-refractivity contribution in [2.24, 2.45) is 0 Å². The molecule has 1 aliphatic rings. The molecule has 0 bridgehead atoms. The van der Waals surface area contributed by atoms with Gasteiger partial charge in [0.1, 0.15) is 5.75 Å². The van der Waals surface area contributed by atoms with Crippen molar-refractivity contribution in [2.75, 3.05) is 31.7 Å². The Morgan fingerprint density at radius 3 is 2.84 bits per heavy atom. The van der Waals surface area contributed by atoms with Crippen LogP contribution < -0.4 is 10.5 Å². The molecular formula is C14H20N2O2S. The molecule has 1 aliphatic heterocycles. The van der Waals surface area contributed by atoms with Crippen LogP contribution in [-0.4, -0.2) is 41.5 Å². The number of para-hydroxylation sites is 1. The third-order valence-corrected chi connectivity index (χ3v) is 4.53. The summed E-state index contributed by atoms with van der Waals surface area (Å²) in [4.78, 5) is 14.4. The van der Waals surface area contributed by atoms with Crippen molar-refractivity contribution in [3.05, 3.63) is 23.8 Å². The molecule has 0 atom stereocenters. The zero-order chi connectivity index (χ0) is 14.0. The third-order valence-electron chi connectivity index (χ3n) is 3.23. The van der Waals surface area contributed by atoms with E-state index in [1.807, 2.05) is 16.7 Å². The fourth-order valence-electron chi connectivity index (χ4n) is 2.27. The highest BCUT2D eigenvalue weighted by molar-refractivity contribution is 8.00. The van der Waals surface area contributed by atoms with Crippen molar-refractivity contribution in [2.45, 2.75) is 18.6 Å². The molecule has 0 saturated carbocycles. The molecule has 1 aromatic rings. The van der Waals surface area contributed by atoms with Crippen LogP contribution in [-0.2, 0) is 0 Å². The van der Waals surface area contributed by atoms with Crippen LogP contribution in [0.25, 0.3) is 0 Å². The highest BCUT2D eigenvalue weighted by atomic mass is 32.2. The Balaban J connectivity index is 2.25. The fraction of sp³-hybridized carbons (Fsp3) is 0.500. The van der Waals surface area contributed by atoms with Gasteiger partial charge in [0, 0.05) is 23.6 Å². The maximum atomic E-state index is 12.6. The number of carbonyl (C=O) groups excluding carboxylic acids is 1. The molecule has 0 spiro atoms. The number of hydrogen-bond donors (Lipinski definition) is 1. The van der Waals surface area contributed by atoms with Gasteiger partial charge in [-0.1, -0.05) is 6.07 Å². The molecule has 0 aliphatic carbocycles. The molecule has 104 valence electrons. The van der Waals surface area contributed by atoms with E-state index in [0.717, 1.165) is 18.8 Å². The average Bonchev–Trinajstić information content (AvgIpc) is 2.37. The Bertz CT molecular complexity index is 488. The molecule has 1 amide bonds. The van der Waals surface area contributed by atoms with Crippen LogP contribution in [0.3, 0.4) is 0 Å². The highest BCUT2D eigenvalue weighted by Crippen LogP contribution is 2.32. The van der Waals surface area contributed by atoms with E-state index in [1.165, 1.54) is 0 Å². The van der Waals surface area contributed by atoms with Crippen molar-refractivity contribution in [3.8, 4) is 5.75 Å². The van der Waals surface area contributed by atoms with E-state index in [1.54, 1.807) is 25.3 Å². The van der Waals surface area contributed by atoms with Crippen LogP contribution in [0.15, 0.2) is 18.2 Å². The van der Waals surface area contributed by atoms with E-state index in [2.05, 4.69) is 13.8 Å². The third kappa shape index (κ3) is 2.97. The lowest BCUT2D eigenvalue weighted by Crippen LogP contribution is -2.46. The number of anilines is 1. The number of methoxy groups -OCH3 is 1. The summed E-state index contributed by atoms with van der Waals surface area (Å²) in [6, 6.07) is 5.32. The van der Waals surface area contributed by atoms with Gasteiger partial charge in [-0.2, -0.15) is 11.8 Å². The molecule has 1 saturated heterocycles. The molecule has 0 radical (unpaired) electrons. The smallest absolute Gasteiger partial charge is 0.256 e. The minimum atomic E-state index is -0.00947. The van der Waals surface area contributed by atoms with Gasteiger partial charge in [0.2, 0.25) is 0 Å². The van der Waals surface area contributed by atoms with Gasteiger partial charge in [0.25, 0.3) is 5.91 Å². The number of amides is 1. The Labute approximate surface area is 118 Å². The second-order valence-electron chi connectivity index (χ2n) is 5.26. The number of nitrogens with two attached hydrogens (primary N) is 1. The van der Waals surface area contributed by atoms with Crippen molar-refractivity contribution in [1.82, 2.24) is 4.90 Å². The SMILES string of the molecule is COc1cccc(C(=O)N2CCSC(C)(C)C2)c1N. The number of nitrogens with zero attached hydrogens (tertiary/aromatic N) is 1. The van der Waals surface area contributed by atoms with E-state index in [9.17, 15) is 4.79 Å². The van der Waals surface area contributed by atoms with Gasteiger partial charge in [-0.3, -0.25) is 4.79 Å². The molecule has 0 unspecified atom stereocenters. The van der Waals surface area contributed by atoms with Crippen LogP contribution in [0.2, 0.25) is 0 Å². The molecule has 2 rings (SSSR count). The van der Waals surface area contributed by atoms with Gasteiger partial charge < -0.3 is 15.4 Å². The van der Waals surface area contributed by atoms with Crippen molar-refractivity contribution >= 4 is 23.4 Å². The lowest BCUT2D eigenvalue weighted by Gasteiger charge is -2.37. The molecule has 19 heavy (non-hydrogen) atoms. The average molecular weight is 280 g/mol. The van der Waals surface area contributed by atoms with Crippen molar-refractivity contribution in [1.29, 1.82) is 0 Å². The standard InChI is InChI=1S/C14H20N2O2S/c1-14(2)9-16(7-8-19-14)13(17)10-5-4-6-11(18-3)12(10)15/h4-6H,7-9,15H2,1-3H3. The van der Waals surface area contributed by atoms with E-state index in [4.69, 9.17) is 10.5 Å². The predicted octanol–water partition coefficient (Wildman–Crippen LogP) is 2.25. The maximum Gasteiger partial charge on any atom is 0.256 e.